The van der Waals surface area contributed by atoms with Crippen molar-refractivity contribution in [2.75, 3.05) is 19.7 Å². The van der Waals surface area contributed by atoms with E-state index >= 15 is 0 Å². The number of nitrogens with zero attached hydrogens (tertiary/aromatic N) is 4. The van der Waals surface area contributed by atoms with Gasteiger partial charge in [0.2, 0.25) is 5.91 Å². The molecule has 40 heavy (non-hydrogen) atoms. The number of likely N-dealkylation sites (tertiary alicyclic amines) is 1. The van der Waals surface area contributed by atoms with E-state index in [1.54, 1.807) is 15.5 Å². The van der Waals surface area contributed by atoms with Crippen LogP contribution in [0.2, 0.25) is 0 Å². The van der Waals surface area contributed by atoms with E-state index in [1.165, 1.54) is 22.6 Å². The lowest BCUT2D eigenvalue weighted by molar-refractivity contribution is 0.0567. The zero-order valence-electron chi connectivity index (χ0n) is 23.1. The third-order valence-corrected chi connectivity index (χ3v) is 7.71. The highest BCUT2D eigenvalue weighted by Gasteiger charge is 2.29. The predicted molar refractivity (Wildman–Crippen MR) is 155 cm³/mol. The highest BCUT2D eigenvalue weighted by molar-refractivity contribution is 5.89. The molecule has 1 unspecified atom stereocenters. The van der Waals surface area contributed by atoms with Crippen molar-refractivity contribution < 1.29 is 14.3 Å². The maximum atomic E-state index is 13.1. The number of aromatic nitrogens is 2. The maximum Gasteiger partial charge on any atom is 0.409 e. The Kier molecular flexibility index (Phi) is 8.45. The molecule has 1 aromatic heterocycles. The summed E-state index contributed by atoms with van der Waals surface area (Å²) in [4.78, 5) is 42.4. The SMILES string of the molecule is CC(=O)n1c(=O)n(C2CCN(C(=O)OCC(C)N(Cc3ccccc3)Cc3ccccc3)CC2)c2ccccc21. The van der Waals surface area contributed by atoms with E-state index < -0.39 is 0 Å². The van der Waals surface area contributed by atoms with Gasteiger partial charge in [-0.05, 0) is 43.0 Å². The standard InChI is InChI=1S/C32H36N4O4/c1-24(34(21-26-11-5-3-6-12-26)22-27-13-7-4-8-14-27)23-40-32(39)33-19-17-28(18-20-33)36-30-16-10-9-15-29(30)35(25(2)37)31(36)38/h3-16,24,28H,17-23H2,1-2H3. The molecule has 1 atom stereocenters. The Morgan fingerprint density at radius 2 is 1.38 bits per heavy atom. The molecule has 0 spiro atoms. The van der Waals surface area contributed by atoms with Gasteiger partial charge < -0.3 is 9.64 Å². The van der Waals surface area contributed by atoms with Crippen LogP contribution in [0, 0.1) is 0 Å². The number of amides is 1. The van der Waals surface area contributed by atoms with E-state index in [4.69, 9.17) is 4.74 Å². The van der Waals surface area contributed by atoms with E-state index in [1.807, 2.05) is 54.6 Å². The molecule has 0 bridgehead atoms. The molecule has 1 amide bonds. The molecule has 8 nitrogen and oxygen atoms in total. The molecule has 4 aromatic rings. The minimum absolute atomic E-state index is 0.0122. The van der Waals surface area contributed by atoms with Crippen LogP contribution in [-0.4, -0.2) is 56.7 Å². The number of benzene rings is 3. The average molecular weight is 541 g/mol. The van der Waals surface area contributed by atoms with Gasteiger partial charge in [0.05, 0.1) is 11.0 Å². The normalized spacial score (nSPS) is 14.9. The number of carbonyl (C=O) groups is 2. The fraction of sp³-hybridized carbons (Fsp3) is 0.344. The van der Waals surface area contributed by atoms with Crippen molar-refractivity contribution in [1.29, 1.82) is 0 Å². The molecule has 1 aliphatic rings. The van der Waals surface area contributed by atoms with Crippen LogP contribution in [-0.2, 0) is 17.8 Å². The minimum atomic E-state index is -0.330. The fourth-order valence-corrected chi connectivity index (χ4v) is 5.53. The molecule has 1 fully saturated rings. The molecule has 0 radical (unpaired) electrons. The van der Waals surface area contributed by atoms with E-state index in [0.29, 0.717) is 31.4 Å². The molecule has 1 saturated heterocycles. The summed E-state index contributed by atoms with van der Waals surface area (Å²) in [6.45, 7) is 6.25. The molecule has 0 saturated carbocycles. The van der Waals surface area contributed by atoms with Gasteiger partial charge >= 0.3 is 11.8 Å². The highest BCUT2D eigenvalue weighted by Crippen LogP contribution is 2.26. The van der Waals surface area contributed by atoms with Gasteiger partial charge in [-0.1, -0.05) is 72.8 Å². The summed E-state index contributed by atoms with van der Waals surface area (Å²) in [5.74, 6) is -0.302. The number of para-hydroxylation sites is 2. The first-order valence-corrected chi connectivity index (χ1v) is 13.9. The zero-order valence-corrected chi connectivity index (χ0v) is 23.1. The first-order valence-electron chi connectivity index (χ1n) is 13.9. The zero-order chi connectivity index (χ0) is 28.1. The van der Waals surface area contributed by atoms with E-state index in [9.17, 15) is 14.4 Å². The molecule has 208 valence electrons. The summed E-state index contributed by atoms with van der Waals surface area (Å²) in [5, 5.41) is 0. The Labute approximate surface area is 234 Å². The van der Waals surface area contributed by atoms with Gasteiger partial charge in [-0.15, -0.1) is 0 Å². The third kappa shape index (κ3) is 6.02. The molecule has 8 heteroatoms. The predicted octanol–water partition coefficient (Wildman–Crippen LogP) is 5.33. The Bertz CT molecular complexity index is 1460. The van der Waals surface area contributed by atoms with E-state index in [2.05, 4.69) is 36.1 Å². The second-order valence-corrected chi connectivity index (χ2v) is 10.5. The monoisotopic (exact) mass is 540 g/mol. The molecule has 3 aromatic carbocycles. The molecule has 5 rings (SSSR count). The number of ether oxygens (including phenoxy) is 1. The summed E-state index contributed by atoms with van der Waals surface area (Å²) < 4.78 is 8.74. The summed E-state index contributed by atoms with van der Waals surface area (Å²) in [6.07, 6.45) is 0.901. The van der Waals surface area contributed by atoms with Gasteiger partial charge in [0.15, 0.2) is 0 Å². The largest absolute Gasteiger partial charge is 0.448 e. The van der Waals surface area contributed by atoms with Crippen LogP contribution in [0.25, 0.3) is 11.0 Å². The van der Waals surface area contributed by atoms with Crippen molar-refractivity contribution in [3.05, 3.63) is 107 Å². The van der Waals surface area contributed by atoms with Crippen molar-refractivity contribution in [2.45, 2.75) is 51.9 Å². The van der Waals surface area contributed by atoms with Crippen LogP contribution in [0.5, 0.6) is 0 Å². The number of imidazole rings is 1. The summed E-state index contributed by atoms with van der Waals surface area (Å²) in [6, 6.07) is 27.9. The number of hydrogen-bond acceptors (Lipinski definition) is 5. The molecule has 0 N–H and O–H groups in total. The smallest absolute Gasteiger partial charge is 0.409 e. The quantitative estimate of drug-likeness (QED) is 0.302. The lowest BCUT2D eigenvalue weighted by Crippen LogP contribution is -2.43. The number of rotatable bonds is 8. The van der Waals surface area contributed by atoms with Crippen LogP contribution in [0.4, 0.5) is 4.79 Å². The molecule has 1 aliphatic heterocycles. The van der Waals surface area contributed by atoms with Crippen LogP contribution in [0.3, 0.4) is 0 Å². The second-order valence-electron chi connectivity index (χ2n) is 10.5. The van der Waals surface area contributed by atoms with Crippen molar-refractivity contribution in [3.8, 4) is 0 Å². The van der Waals surface area contributed by atoms with E-state index in [-0.39, 0.29) is 36.4 Å². The average Bonchev–Trinajstić information content (AvgIpc) is 3.28. The first-order chi connectivity index (χ1) is 19.4. The van der Waals surface area contributed by atoms with Gasteiger partial charge in [-0.2, -0.15) is 0 Å². The van der Waals surface area contributed by atoms with Gasteiger partial charge in [-0.3, -0.25) is 14.3 Å². The van der Waals surface area contributed by atoms with Crippen LogP contribution in [0.1, 0.15) is 48.7 Å². The van der Waals surface area contributed by atoms with Crippen LogP contribution in [0.15, 0.2) is 89.7 Å². The van der Waals surface area contributed by atoms with E-state index in [0.717, 1.165) is 18.6 Å². The number of fused-ring (bicyclic) bond motifs is 1. The lowest BCUT2D eigenvalue weighted by Gasteiger charge is -2.33. The Balaban J connectivity index is 1.20. The first kappa shape index (κ1) is 27.4. The Morgan fingerprint density at radius 1 is 0.850 bits per heavy atom. The number of hydrogen-bond donors (Lipinski definition) is 0. The van der Waals surface area contributed by atoms with Gasteiger partial charge in [-0.25, -0.2) is 14.2 Å². The van der Waals surface area contributed by atoms with Gasteiger partial charge in [0, 0.05) is 45.2 Å². The van der Waals surface area contributed by atoms with Crippen molar-refractivity contribution >= 4 is 23.0 Å². The molecular formula is C32H36N4O4. The second kappa shape index (κ2) is 12.3. The summed E-state index contributed by atoms with van der Waals surface area (Å²) >= 11 is 0. The number of carbonyl (C=O) groups excluding carboxylic acids is 2. The summed E-state index contributed by atoms with van der Waals surface area (Å²) in [7, 11) is 0. The van der Waals surface area contributed by atoms with Crippen LogP contribution >= 0.6 is 0 Å². The molecule has 0 aliphatic carbocycles. The molecule has 2 heterocycles. The third-order valence-electron chi connectivity index (χ3n) is 7.71. The van der Waals surface area contributed by atoms with Gasteiger partial charge in [0.25, 0.3) is 0 Å². The topological polar surface area (TPSA) is 76.8 Å². The fourth-order valence-electron chi connectivity index (χ4n) is 5.53. The van der Waals surface area contributed by atoms with Gasteiger partial charge in [0.1, 0.15) is 6.61 Å². The maximum absolute atomic E-state index is 13.1. The minimum Gasteiger partial charge on any atom is -0.448 e. The lowest BCUT2D eigenvalue weighted by atomic mass is 10.0. The Morgan fingerprint density at radius 3 is 1.93 bits per heavy atom. The van der Waals surface area contributed by atoms with Crippen LogP contribution < -0.4 is 5.69 Å². The highest BCUT2D eigenvalue weighted by atomic mass is 16.6. The van der Waals surface area contributed by atoms with Crippen molar-refractivity contribution in [3.63, 3.8) is 0 Å². The van der Waals surface area contributed by atoms with Crippen molar-refractivity contribution in [1.82, 2.24) is 18.9 Å². The Hall–Kier alpha value is -4.17. The molecular weight excluding hydrogens is 504 g/mol. The van der Waals surface area contributed by atoms with Crippen molar-refractivity contribution in [2.24, 2.45) is 0 Å². The number of piperidine rings is 1. The summed E-state index contributed by atoms with van der Waals surface area (Å²) in [5.41, 5.74) is 3.46.